The molecule has 1 amide bonds. The molecule has 0 fully saturated rings. The lowest BCUT2D eigenvalue weighted by Gasteiger charge is -2.13. The van der Waals surface area contributed by atoms with E-state index in [1.165, 1.54) is 37.4 Å². The van der Waals surface area contributed by atoms with Gasteiger partial charge in [0.05, 0.1) is 16.8 Å². The van der Waals surface area contributed by atoms with E-state index >= 15 is 0 Å². The Balaban J connectivity index is 1.68. The molecule has 9 heteroatoms. The van der Waals surface area contributed by atoms with Crippen LogP contribution in [0.15, 0.2) is 60.8 Å². The van der Waals surface area contributed by atoms with E-state index in [1.54, 1.807) is 0 Å². The van der Waals surface area contributed by atoms with Gasteiger partial charge in [-0.15, -0.1) is 0 Å². The number of hydrogen-bond donors (Lipinski definition) is 2. The highest BCUT2D eigenvalue weighted by Crippen LogP contribution is 2.22. The van der Waals surface area contributed by atoms with Gasteiger partial charge in [-0.05, 0) is 13.0 Å². The third kappa shape index (κ3) is 4.21. The number of nitrogens with zero attached hydrogens (tertiary/aromatic N) is 2. The van der Waals surface area contributed by atoms with Gasteiger partial charge in [-0.3, -0.25) is 20.0 Å². The Morgan fingerprint density at radius 2 is 1.93 bits per heavy atom. The van der Waals surface area contributed by atoms with Gasteiger partial charge >= 0.3 is 5.97 Å². The number of nitro benzene ring substituents is 1. The zero-order valence-corrected chi connectivity index (χ0v) is 14.8. The van der Waals surface area contributed by atoms with E-state index in [0.717, 1.165) is 5.56 Å². The Kier molecular flexibility index (Phi) is 5.45. The van der Waals surface area contributed by atoms with Crippen LogP contribution in [0.25, 0.3) is 11.3 Å². The summed E-state index contributed by atoms with van der Waals surface area (Å²) in [5.74, 6) is -1.33. The lowest BCUT2D eigenvalue weighted by molar-refractivity contribution is -0.384. The molecule has 142 valence electrons. The smallest absolute Gasteiger partial charge is 0.342 e. The summed E-state index contributed by atoms with van der Waals surface area (Å²) >= 11 is 0. The first-order valence-corrected chi connectivity index (χ1v) is 8.31. The van der Waals surface area contributed by atoms with Crippen LogP contribution < -0.4 is 5.32 Å². The first kappa shape index (κ1) is 18.8. The second-order valence-electron chi connectivity index (χ2n) is 5.87. The first-order valence-electron chi connectivity index (χ1n) is 8.31. The van der Waals surface area contributed by atoms with Crippen LogP contribution in [0, 0.1) is 10.1 Å². The summed E-state index contributed by atoms with van der Waals surface area (Å²) in [6, 6.07) is 14.6. The van der Waals surface area contributed by atoms with Gasteiger partial charge in [-0.25, -0.2) is 4.79 Å². The van der Waals surface area contributed by atoms with Gasteiger partial charge in [0.15, 0.2) is 6.10 Å². The molecule has 0 radical (unpaired) electrons. The molecule has 1 heterocycles. The first-order chi connectivity index (χ1) is 13.5. The van der Waals surface area contributed by atoms with E-state index in [2.05, 4.69) is 15.5 Å². The monoisotopic (exact) mass is 380 g/mol. The molecule has 0 aliphatic carbocycles. The summed E-state index contributed by atoms with van der Waals surface area (Å²) in [7, 11) is 0. The maximum atomic E-state index is 12.5. The van der Waals surface area contributed by atoms with Gasteiger partial charge in [0.1, 0.15) is 5.56 Å². The SMILES string of the molecule is C[C@H](OC(=O)c1cn[nH]c1-c1ccccc1)C(=O)Nc1cccc([N+](=O)[O-])c1. The zero-order chi connectivity index (χ0) is 20.1. The van der Waals surface area contributed by atoms with Gasteiger partial charge in [-0.1, -0.05) is 36.4 Å². The largest absolute Gasteiger partial charge is 0.449 e. The Labute approximate surface area is 159 Å². The molecule has 0 bridgehead atoms. The number of carbonyl (C=O) groups is 2. The van der Waals surface area contributed by atoms with Crippen molar-refractivity contribution in [2.45, 2.75) is 13.0 Å². The number of aromatic amines is 1. The maximum Gasteiger partial charge on any atom is 0.342 e. The quantitative estimate of drug-likeness (QED) is 0.384. The minimum absolute atomic E-state index is 0.159. The van der Waals surface area contributed by atoms with Crippen molar-refractivity contribution in [2.75, 3.05) is 5.32 Å². The number of esters is 1. The standard InChI is InChI=1S/C19H16N4O5/c1-12(18(24)21-14-8-5-9-15(10-14)23(26)27)28-19(25)16-11-20-22-17(16)13-6-3-2-4-7-13/h2-12H,1H3,(H,20,22)(H,21,24)/t12-/m0/s1. The normalized spacial score (nSPS) is 11.5. The lowest BCUT2D eigenvalue weighted by Crippen LogP contribution is -2.30. The van der Waals surface area contributed by atoms with Crippen molar-refractivity contribution in [1.29, 1.82) is 0 Å². The number of ether oxygens (including phenoxy) is 1. The molecular formula is C19H16N4O5. The van der Waals surface area contributed by atoms with Crippen molar-refractivity contribution in [3.63, 3.8) is 0 Å². The minimum atomic E-state index is -1.12. The zero-order valence-electron chi connectivity index (χ0n) is 14.8. The number of amides is 1. The molecule has 3 rings (SSSR count). The molecule has 0 aliphatic rings. The fourth-order valence-corrected chi connectivity index (χ4v) is 2.48. The summed E-state index contributed by atoms with van der Waals surface area (Å²) in [6.45, 7) is 1.41. The molecule has 0 saturated heterocycles. The van der Waals surface area contributed by atoms with Gasteiger partial charge in [0, 0.05) is 23.4 Å². The number of carbonyl (C=O) groups excluding carboxylic acids is 2. The highest BCUT2D eigenvalue weighted by atomic mass is 16.6. The minimum Gasteiger partial charge on any atom is -0.449 e. The molecule has 0 spiro atoms. The molecule has 2 aromatic carbocycles. The van der Waals surface area contributed by atoms with Gasteiger partial charge in [0.2, 0.25) is 0 Å². The molecule has 0 unspecified atom stereocenters. The van der Waals surface area contributed by atoms with Crippen molar-refractivity contribution < 1.29 is 19.2 Å². The third-order valence-electron chi connectivity index (χ3n) is 3.90. The summed E-state index contributed by atoms with van der Waals surface area (Å²) in [6.07, 6.45) is 0.209. The number of non-ortho nitro benzene ring substituents is 1. The lowest BCUT2D eigenvalue weighted by atomic mass is 10.1. The van der Waals surface area contributed by atoms with Gasteiger partial charge in [0.25, 0.3) is 11.6 Å². The van der Waals surface area contributed by atoms with E-state index in [-0.39, 0.29) is 16.9 Å². The number of anilines is 1. The number of nitro groups is 1. The average Bonchev–Trinajstić information content (AvgIpc) is 3.19. The van der Waals surface area contributed by atoms with E-state index in [9.17, 15) is 19.7 Å². The average molecular weight is 380 g/mol. The van der Waals surface area contributed by atoms with Crippen molar-refractivity contribution in [3.05, 3.63) is 76.5 Å². The molecular weight excluding hydrogens is 364 g/mol. The second kappa shape index (κ2) is 8.12. The molecule has 0 saturated carbocycles. The van der Waals surface area contributed by atoms with Crippen molar-refractivity contribution >= 4 is 23.3 Å². The second-order valence-corrected chi connectivity index (χ2v) is 5.87. The van der Waals surface area contributed by atoms with Crippen LogP contribution in [0.2, 0.25) is 0 Å². The Hall–Kier alpha value is -4.01. The number of H-pyrrole nitrogens is 1. The molecule has 1 aromatic heterocycles. The number of benzene rings is 2. The van der Waals surface area contributed by atoms with Crippen LogP contribution in [0.5, 0.6) is 0 Å². The number of nitrogens with one attached hydrogen (secondary N) is 2. The summed E-state index contributed by atoms with van der Waals surface area (Å²) in [4.78, 5) is 35.0. The van der Waals surface area contributed by atoms with Crippen LogP contribution in [0.3, 0.4) is 0 Å². The van der Waals surface area contributed by atoms with Crippen LogP contribution in [0.1, 0.15) is 17.3 Å². The summed E-state index contributed by atoms with van der Waals surface area (Å²) in [5, 5.41) is 19.9. The van der Waals surface area contributed by atoms with Crippen molar-refractivity contribution in [3.8, 4) is 11.3 Å². The van der Waals surface area contributed by atoms with Crippen LogP contribution >= 0.6 is 0 Å². The predicted molar refractivity (Wildman–Crippen MR) is 101 cm³/mol. The van der Waals surface area contributed by atoms with Gasteiger partial charge < -0.3 is 10.1 Å². The molecule has 28 heavy (non-hydrogen) atoms. The van der Waals surface area contributed by atoms with Crippen molar-refractivity contribution in [2.24, 2.45) is 0 Å². The van der Waals surface area contributed by atoms with Crippen LogP contribution in [-0.4, -0.2) is 33.1 Å². The highest BCUT2D eigenvalue weighted by molar-refractivity contribution is 5.99. The highest BCUT2D eigenvalue weighted by Gasteiger charge is 2.23. The fourth-order valence-electron chi connectivity index (χ4n) is 2.48. The van der Waals surface area contributed by atoms with E-state index in [4.69, 9.17) is 4.74 Å². The van der Waals surface area contributed by atoms with Crippen LogP contribution in [-0.2, 0) is 9.53 Å². The molecule has 3 aromatic rings. The fraction of sp³-hybridized carbons (Fsp3) is 0.105. The Morgan fingerprint density at radius 3 is 2.64 bits per heavy atom. The summed E-state index contributed by atoms with van der Waals surface area (Å²) < 4.78 is 5.22. The number of aromatic nitrogens is 2. The van der Waals surface area contributed by atoms with Gasteiger partial charge in [-0.2, -0.15) is 5.10 Å². The Bertz CT molecular complexity index is 1020. The van der Waals surface area contributed by atoms with E-state index in [1.807, 2.05) is 30.3 Å². The molecule has 9 nitrogen and oxygen atoms in total. The molecule has 2 N–H and O–H groups in total. The maximum absolute atomic E-state index is 12.5. The van der Waals surface area contributed by atoms with Crippen LogP contribution in [0.4, 0.5) is 11.4 Å². The number of hydrogen-bond acceptors (Lipinski definition) is 6. The Morgan fingerprint density at radius 1 is 1.18 bits per heavy atom. The molecule has 1 atom stereocenters. The number of rotatable bonds is 6. The predicted octanol–water partition coefficient (Wildman–Crippen LogP) is 3.17. The van der Waals surface area contributed by atoms with Crippen molar-refractivity contribution in [1.82, 2.24) is 10.2 Å². The topological polar surface area (TPSA) is 127 Å². The van der Waals surface area contributed by atoms with E-state index < -0.39 is 22.9 Å². The van der Waals surface area contributed by atoms with E-state index in [0.29, 0.717) is 5.69 Å². The molecule has 0 aliphatic heterocycles. The third-order valence-corrected chi connectivity index (χ3v) is 3.90. The summed E-state index contributed by atoms with van der Waals surface area (Å²) in [5.41, 5.74) is 1.50.